The number of phenols is 1. The van der Waals surface area contributed by atoms with Gasteiger partial charge in [0, 0.05) is 44.0 Å². The monoisotopic (exact) mass is 375 g/mol. The lowest BCUT2D eigenvalue weighted by molar-refractivity contribution is 0.205. The minimum Gasteiger partial charge on any atom is -0.508 e. The molecular weight excluding hydrogens is 352 g/mol. The number of nitrogens with one attached hydrogen (secondary N) is 1. The largest absolute Gasteiger partial charge is 0.508 e. The van der Waals surface area contributed by atoms with E-state index in [0.29, 0.717) is 30.9 Å². The summed E-state index contributed by atoms with van der Waals surface area (Å²) in [7, 11) is 1.67. The highest BCUT2D eigenvalue weighted by atomic mass is 19.2. The molecule has 1 saturated heterocycles. The Bertz CT molecular complexity index is 816. The SMILES string of the molecule is CN(Cc1ccccc1O)C(=O)NC[C@@H]1CCN(c2ccc(F)c(F)c2)C1. The number of phenolic OH excluding ortho intramolecular Hbond substituents is 1. The second kappa shape index (κ2) is 8.24. The van der Waals surface area contributed by atoms with Gasteiger partial charge in [0.05, 0.1) is 6.54 Å². The average molecular weight is 375 g/mol. The molecule has 2 aromatic carbocycles. The zero-order chi connectivity index (χ0) is 19.4. The normalized spacial score (nSPS) is 16.4. The number of para-hydroxylation sites is 1. The van der Waals surface area contributed by atoms with E-state index >= 15 is 0 Å². The fraction of sp³-hybridized carbons (Fsp3) is 0.350. The summed E-state index contributed by atoms with van der Waals surface area (Å²) in [5.41, 5.74) is 1.33. The Kier molecular flexibility index (Phi) is 5.78. The minimum absolute atomic E-state index is 0.162. The number of aromatic hydroxyl groups is 1. The van der Waals surface area contributed by atoms with Crippen LogP contribution in [0.5, 0.6) is 5.75 Å². The summed E-state index contributed by atoms with van der Waals surface area (Å²) in [5.74, 6) is -1.31. The zero-order valence-electron chi connectivity index (χ0n) is 15.2. The first-order chi connectivity index (χ1) is 12.9. The van der Waals surface area contributed by atoms with Crippen LogP contribution in [-0.2, 0) is 6.54 Å². The average Bonchev–Trinajstić information content (AvgIpc) is 3.13. The van der Waals surface area contributed by atoms with Crippen LogP contribution in [0.3, 0.4) is 0 Å². The molecule has 1 heterocycles. The molecule has 0 bridgehead atoms. The third-order valence-corrected chi connectivity index (χ3v) is 4.84. The predicted molar refractivity (Wildman–Crippen MR) is 99.7 cm³/mol. The molecule has 1 fully saturated rings. The lowest BCUT2D eigenvalue weighted by atomic mass is 10.1. The van der Waals surface area contributed by atoms with E-state index in [2.05, 4.69) is 5.32 Å². The quantitative estimate of drug-likeness (QED) is 0.843. The first-order valence-electron chi connectivity index (χ1n) is 8.90. The number of amides is 2. The van der Waals surface area contributed by atoms with Crippen molar-refractivity contribution >= 4 is 11.7 Å². The molecule has 2 amide bonds. The molecule has 2 N–H and O–H groups in total. The van der Waals surface area contributed by atoms with Gasteiger partial charge >= 0.3 is 6.03 Å². The summed E-state index contributed by atoms with van der Waals surface area (Å²) in [5, 5.41) is 12.7. The van der Waals surface area contributed by atoms with Crippen LogP contribution in [0.4, 0.5) is 19.3 Å². The van der Waals surface area contributed by atoms with Gasteiger partial charge in [0.15, 0.2) is 11.6 Å². The number of nitrogens with zero attached hydrogens (tertiary/aromatic N) is 2. The molecule has 1 aliphatic heterocycles. The molecule has 0 spiro atoms. The van der Waals surface area contributed by atoms with Crippen molar-refractivity contribution in [3.05, 3.63) is 59.7 Å². The van der Waals surface area contributed by atoms with E-state index in [0.717, 1.165) is 19.0 Å². The van der Waals surface area contributed by atoms with Gasteiger partial charge in [-0.05, 0) is 30.5 Å². The molecule has 1 atom stereocenters. The number of benzene rings is 2. The highest BCUT2D eigenvalue weighted by molar-refractivity contribution is 5.74. The number of halogens is 2. The Morgan fingerprint density at radius 1 is 1.26 bits per heavy atom. The summed E-state index contributed by atoms with van der Waals surface area (Å²) in [6.45, 7) is 2.22. The van der Waals surface area contributed by atoms with Crippen LogP contribution in [0.25, 0.3) is 0 Å². The Morgan fingerprint density at radius 2 is 2.04 bits per heavy atom. The summed E-state index contributed by atoms with van der Waals surface area (Å²) in [6.07, 6.45) is 0.864. The maximum Gasteiger partial charge on any atom is 0.317 e. The van der Waals surface area contributed by atoms with Crippen molar-refractivity contribution in [1.82, 2.24) is 10.2 Å². The molecule has 3 rings (SSSR count). The number of hydrogen-bond donors (Lipinski definition) is 2. The minimum atomic E-state index is -0.853. The van der Waals surface area contributed by atoms with Crippen LogP contribution in [-0.4, -0.2) is 42.7 Å². The lowest BCUT2D eigenvalue weighted by Crippen LogP contribution is -2.39. The van der Waals surface area contributed by atoms with Crippen molar-refractivity contribution in [1.29, 1.82) is 0 Å². The summed E-state index contributed by atoms with van der Waals surface area (Å²) in [6, 6.07) is 10.6. The maximum absolute atomic E-state index is 13.4. The summed E-state index contributed by atoms with van der Waals surface area (Å²) in [4.78, 5) is 15.8. The Morgan fingerprint density at radius 3 is 2.78 bits per heavy atom. The van der Waals surface area contributed by atoms with Crippen molar-refractivity contribution < 1.29 is 18.7 Å². The second-order valence-corrected chi connectivity index (χ2v) is 6.87. The molecule has 0 radical (unpaired) electrons. The zero-order valence-corrected chi connectivity index (χ0v) is 15.2. The van der Waals surface area contributed by atoms with Gasteiger partial charge in [-0.1, -0.05) is 18.2 Å². The highest BCUT2D eigenvalue weighted by Crippen LogP contribution is 2.25. The van der Waals surface area contributed by atoms with Crippen molar-refractivity contribution in [3.8, 4) is 5.75 Å². The van der Waals surface area contributed by atoms with Crippen molar-refractivity contribution in [2.75, 3.05) is 31.6 Å². The molecule has 2 aromatic rings. The van der Waals surface area contributed by atoms with Gasteiger partial charge in [-0.3, -0.25) is 0 Å². The number of anilines is 1. The van der Waals surface area contributed by atoms with Gasteiger partial charge in [0.2, 0.25) is 0 Å². The maximum atomic E-state index is 13.4. The van der Waals surface area contributed by atoms with Gasteiger partial charge in [-0.15, -0.1) is 0 Å². The van der Waals surface area contributed by atoms with Crippen LogP contribution >= 0.6 is 0 Å². The standard InChI is InChI=1S/C20H23F2N3O2/c1-24(13-15-4-2-3-5-19(15)26)20(27)23-11-14-8-9-25(12-14)16-6-7-17(21)18(22)10-16/h2-7,10,14,26H,8-9,11-13H2,1H3,(H,23,27)/t14-/m0/s1. The second-order valence-electron chi connectivity index (χ2n) is 6.87. The summed E-state index contributed by atoms with van der Waals surface area (Å²) < 4.78 is 26.5. The van der Waals surface area contributed by atoms with Gasteiger partial charge in [-0.2, -0.15) is 0 Å². The molecule has 27 heavy (non-hydrogen) atoms. The van der Waals surface area contributed by atoms with E-state index in [4.69, 9.17) is 0 Å². The van der Waals surface area contributed by atoms with Gasteiger partial charge in [0.25, 0.3) is 0 Å². The first kappa shape index (κ1) is 18.9. The first-order valence-corrected chi connectivity index (χ1v) is 8.90. The molecular formula is C20H23F2N3O2. The smallest absolute Gasteiger partial charge is 0.317 e. The van der Waals surface area contributed by atoms with Crippen LogP contribution < -0.4 is 10.2 Å². The van der Waals surface area contributed by atoms with Crippen molar-refractivity contribution in [2.45, 2.75) is 13.0 Å². The Balaban J connectivity index is 1.48. The fourth-order valence-corrected chi connectivity index (χ4v) is 3.25. The third kappa shape index (κ3) is 4.67. The molecule has 5 nitrogen and oxygen atoms in total. The summed E-state index contributed by atoms with van der Waals surface area (Å²) >= 11 is 0. The molecule has 0 unspecified atom stereocenters. The van der Waals surface area contributed by atoms with E-state index in [1.54, 1.807) is 31.3 Å². The Labute approximate surface area is 157 Å². The fourth-order valence-electron chi connectivity index (χ4n) is 3.25. The van der Waals surface area contributed by atoms with Crippen molar-refractivity contribution in [3.63, 3.8) is 0 Å². The molecule has 0 saturated carbocycles. The highest BCUT2D eigenvalue weighted by Gasteiger charge is 2.24. The molecule has 7 heteroatoms. The molecule has 0 aliphatic carbocycles. The van der Waals surface area contributed by atoms with Crippen LogP contribution in [0, 0.1) is 17.6 Å². The molecule has 0 aromatic heterocycles. The lowest BCUT2D eigenvalue weighted by Gasteiger charge is -2.21. The number of hydrogen-bond acceptors (Lipinski definition) is 3. The van der Waals surface area contributed by atoms with Gasteiger partial charge < -0.3 is 20.2 Å². The molecule has 1 aliphatic rings. The van der Waals surface area contributed by atoms with Gasteiger partial charge in [0.1, 0.15) is 5.75 Å². The van der Waals surface area contributed by atoms with Crippen LogP contribution in [0.1, 0.15) is 12.0 Å². The Hall–Kier alpha value is -2.83. The molecule has 144 valence electrons. The predicted octanol–water partition coefficient (Wildman–Crippen LogP) is 3.34. The van der Waals surface area contributed by atoms with E-state index in [1.807, 2.05) is 11.0 Å². The van der Waals surface area contributed by atoms with Crippen LogP contribution in [0.15, 0.2) is 42.5 Å². The van der Waals surface area contributed by atoms with E-state index in [9.17, 15) is 18.7 Å². The van der Waals surface area contributed by atoms with E-state index in [1.165, 1.54) is 11.0 Å². The number of carbonyl (C=O) groups excluding carboxylic acids is 1. The number of rotatable bonds is 5. The number of urea groups is 1. The number of carbonyl (C=O) groups is 1. The van der Waals surface area contributed by atoms with Crippen molar-refractivity contribution in [2.24, 2.45) is 5.92 Å². The van der Waals surface area contributed by atoms with Crippen LogP contribution in [0.2, 0.25) is 0 Å². The van der Waals surface area contributed by atoms with E-state index in [-0.39, 0.29) is 17.7 Å². The third-order valence-electron chi connectivity index (χ3n) is 4.84. The van der Waals surface area contributed by atoms with E-state index < -0.39 is 11.6 Å². The van der Waals surface area contributed by atoms with Gasteiger partial charge in [-0.25, -0.2) is 13.6 Å². The topological polar surface area (TPSA) is 55.8 Å².